The van der Waals surface area contributed by atoms with Crippen molar-refractivity contribution in [3.63, 3.8) is 0 Å². The molecule has 1 aromatic carbocycles. The van der Waals surface area contributed by atoms with Crippen molar-refractivity contribution in [2.45, 2.75) is 12.8 Å². The van der Waals surface area contributed by atoms with Gasteiger partial charge in [-0.2, -0.15) is 0 Å². The molecule has 1 rings (SSSR count). The molecule has 0 radical (unpaired) electrons. The molecule has 3 N–H and O–H groups in total. The summed E-state index contributed by atoms with van der Waals surface area (Å²) in [6.07, 6.45) is 1.85. The van der Waals surface area contributed by atoms with Crippen LogP contribution in [0.25, 0.3) is 0 Å². The number of rotatable bonds is 9. The van der Waals surface area contributed by atoms with E-state index in [4.69, 9.17) is 15.2 Å². The Hall–Kier alpha value is -1.22. The van der Waals surface area contributed by atoms with Crippen LogP contribution in [0.4, 0.5) is 0 Å². The minimum absolute atomic E-state index is 0. The first-order valence-electron chi connectivity index (χ1n) is 7.46. The second-order valence-corrected chi connectivity index (χ2v) is 5.29. The molecule has 23 heavy (non-hydrogen) atoms. The summed E-state index contributed by atoms with van der Waals surface area (Å²) < 4.78 is 10.5. The Morgan fingerprint density at radius 3 is 2.52 bits per heavy atom. The number of aliphatic imine (C=N–C) groups is 1. The Kier molecular flexibility index (Phi) is 11.6. The Balaban J connectivity index is 0.00000484. The summed E-state index contributed by atoms with van der Waals surface area (Å²) in [5, 5.41) is 3.13. The fourth-order valence-electron chi connectivity index (χ4n) is 2.01. The Morgan fingerprint density at radius 1 is 1.22 bits per heavy atom. The Bertz CT molecular complexity index is 481. The van der Waals surface area contributed by atoms with Crippen LogP contribution >= 0.6 is 24.0 Å². The molecule has 0 aliphatic heterocycles. The van der Waals surface area contributed by atoms with Gasteiger partial charge in [0.05, 0.1) is 14.2 Å². The molecule has 0 spiro atoms. The predicted molar refractivity (Wildman–Crippen MR) is 106 cm³/mol. The third-order valence-electron chi connectivity index (χ3n) is 3.21. The van der Waals surface area contributed by atoms with Gasteiger partial charge in [0.2, 0.25) is 0 Å². The minimum Gasteiger partial charge on any atom is -0.493 e. The summed E-state index contributed by atoms with van der Waals surface area (Å²) in [6.45, 7) is 2.49. The minimum atomic E-state index is 0. The van der Waals surface area contributed by atoms with E-state index in [0.29, 0.717) is 5.96 Å². The molecule has 6 nitrogen and oxygen atoms in total. The van der Waals surface area contributed by atoms with Gasteiger partial charge in [-0.1, -0.05) is 6.07 Å². The molecule has 0 saturated carbocycles. The van der Waals surface area contributed by atoms with Crippen LogP contribution in [-0.4, -0.2) is 58.8 Å². The number of ether oxygens (including phenoxy) is 2. The molecule has 0 amide bonds. The van der Waals surface area contributed by atoms with Crippen LogP contribution in [0.1, 0.15) is 12.0 Å². The van der Waals surface area contributed by atoms with Crippen LogP contribution in [0, 0.1) is 0 Å². The van der Waals surface area contributed by atoms with Crippen molar-refractivity contribution in [3.8, 4) is 11.5 Å². The van der Waals surface area contributed by atoms with E-state index < -0.39 is 0 Å². The van der Waals surface area contributed by atoms with Gasteiger partial charge < -0.3 is 25.4 Å². The van der Waals surface area contributed by atoms with Gasteiger partial charge in [-0.15, -0.1) is 24.0 Å². The van der Waals surface area contributed by atoms with E-state index in [2.05, 4.69) is 29.3 Å². The molecule has 0 aliphatic rings. The number of nitrogens with one attached hydrogen (secondary N) is 1. The fourth-order valence-corrected chi connectivity index (χ4v) is 2.01. The van der Waals surface area contributed by atoms with E-state index in [-0.39, 0.29) is 24.0 Å². The van der Waals surface area contributed by atoms with Gasteiger partial charge in [-0.05, 0) is 51.2 Å². The van der Waals surface area contributed by atoms with Crippen molar-refractivity contribution in [1.29, 1.82) is 0 Å². The molecule has 0 unspecified atom stereocenters. The summed E-state index contributed by atoms with van der Waals surface area (Å²) in [7, 11) is 7.37. The van der Waals surface area contributed by atoms with Crippen molar-refractivity contribution >= 4 is 29.9 Å². The van der Waals surface area contributed by atoms with E-state index in [1.54, 1.807) is 14.2 Å². The molecule has 0 heterocycles. The molecule has 0 fully saturated rings. The number of benzene rings is 1. The van der Waals surface area contributed by atoms with Gasteiger partial charge in [-0.3, -0.25) is 4.99 Å². The summed E-state index contributed by atoms with van der Waals surface area (Å²) in [6, 6.07) is 5.91. The lowest BCUT2D eigenvalue weighted by Crippen LogP contribution is -2.33. The molecule has 0 bridgehead atoms. The standard InChI is InChI=1S/C16H28N4O2.HI/c1-20(2)11-5-9-18-16(17)19-10-8-13-6-7-14(21-3)15(12-13)22-4;/h6-7,12H,5,8-11H2,1-4H3,(H3,17,18,19);1H. The topological polar surface area (TPSA) is 72.1 Å². The van der Waals surface area contributed by atoms with Crippen molar-refractivity contribution < 1.29 is 9.47 Å². The van der Waals surface area contributed by atoms with E-state index in [0.717, 1.165) is 49.5 Å². The first-order chi connectivity index (χ1) is 10.6. The van der Waals surface area contributed by atoms with Crippen LogP contribution in [0.3, 0.4) is 0 Å². The highest BCUT2D eigenvalue weighted by atomic mass is 127. The highest BCUT2D eigenvalue weighted by Crippen LogP contribution is 2.27. The number of methoxy groups -OCH3 is 2. The molecule has 132 valence electrons. The normalized spacial score (nSPS) is 11.1. The maximum Gasteiger partial charge on any atom is 0.188 e. The SMILES string of the molecule is COc1ccc(CCNC(N)=NCCCN(C)C)cc1OC.I. The Morgan fingerprint density at radius 2 is 1.91 bits per heavy atom. The molecule has 7 heteroatoms. The number of nitrogens with two attached hydrogens (primary N) is 1. The van der Waals surface area contributed by atoms with Crippen LogP contribution in [0.5, 0.6) is 11.5 Å². The molecular formula is C16H29IN4O2. The third kappa shape index (κ3) is 8.85. The predicted octanol–water partition coefficient (Wildman–Crippen LogP) is 1.72. The van der Waals surface area contributed by atoms with Crippen LogP contribution in [-0.2, 0) is 6.42 Å². The molecule has 0 aromatic heterocycles. The summed E-state index contributed by atoms with van der Waals surface area (Å²) in [5.41, 5.74) is 6.99. The van der Waals surface area contributed by atoms with Crippen molar-refractivity contribution in [2.24, 2.45) is 10.7 Å². The highest BCUT2D eigenvalue weighted by molar-refractivity contribution is 14.0. The number of halogens is 1. The summed E-state index contributed by atoms with van der Waals surface area (Å²) >= 11 is 0. The summed E-state index contributed by atoms with van der Waals surface area (Å²) in [5.74, 6) is 1.98. The average Bonchev–Trinajstić information content (AvgIpc) is 2.51. The maximum atomic E-state index is 5.84. The third-order valence-corrected chi connectivity index (χ3v) is 3.21. The second-order valence-electron chi connectivity index (χ2n) is 5.29. The maximum absolute atomic E-state index is 5.84. The molecule has 0 atom stereocenters. The first-order valence-corrected chi connectivity index (χ1v) is 7.46. The van der Waals surface area contributed by atoms with E-state index in [1.807, 2.05) is 18.2 Å². The lowest BCUT2D eigenvalue weighted by atomic mass is 10.1. The zero-order chi connectivity index (χ0) is 16.4. The van der Waals surface area contributed by atoms with Gasteiger partial charge in [0.25, 0.3) is 0 Å². The highest BCUT2D eigenvalue weighted by Gasteiger charge is 2.04. The van der Waals surface area contributed by atoms with Gasteiger partial charge in [0.1, 0.15) is 0 Å². The monoisotopic (exact) mass is 436 g/mol. The smallest absolute Gasteiger partial charge is 0.188 e. The zero-order valence-corrected chi connectivity index (χ0v) is 16.8. The van der Waals surface area contributed by atoms with Crippen LogP contribution in [0.15, 0.2) is 23.2 Å². The lowest BCUT2D eigenvalue weighted by Gasteiger charge is -2.10. The number of hydrogen-bond donors (Lipinski definition) is 2. The van der Waals surface area contributed by atoms with Crippen LogP contribution in [0.2, 0.25) is 0 Å². The van der Waals surface area contributed by atoms with E-state index >= 15 is 0 Å². The second kappa shape index (κ2) is 12.2. The largest absolute Gasteiger partial charge is 0.493 e. The molecule has 1 aromatic rings. The van der Waals surface area contributed by atoms with Crippen LogP contribution < -0.4 is 20.5 Å². The van der Waals surface area contributed by atoms with Gasteiger partial charge in [-0.25, -0.2) is 0 Å². The van der Waals surface area contributed by atoms with E-state index in [1.165, 1.54) is 0 Å². The molecular weight excluding hydrogens is 407 g/mol. The molecule has 0 saturated heterocycles. The van der Waals surface area contributed by atoms with Gasteiger partial charge in [0.15, 0.2) is 17.5 Å². The zero-order valence-electron chi connectivity index (χ0n) is 14.5. The number of hydrogen-bond acceptors (Lipinski definition) is 4. The fraction of sp³-hybridized carbons (Fsp3) is 0.562. The lowest BCUT2D eigenvalue weighted by molar-refractivity contribution is 0.354. The average molecular weight is 436 g/mol. The number of nitrogens with zero attached hydrogens (tertiary/aromatic N) is 2. The number of guanidine groups is 1. The first kappa shape index (κ1) is 21.8. The Labute approximate surface area is 156 Å². The molecule has 0 aliphatic carbocycles. The van der Waals surface area contributed by atoms with E-state index in [9.17, 15) is 0 Å². The van der Waals surface area contributed by atoms with Crippen molar-refractivity contribution in [2.75, 3.05) is 47.9 Å². The summed E-state index contributed by atoms with van der Waals surface area (Å²) in [4.78, 5) is 6.44. The van der Waals surface area contributed by atoms with Gasteiger partial charge in [0, 0.05) is 13.1 Å². The van der Waals surface area contributed by atoms with Gasteiger partial charge >= 0.3 is 0 Å². The quantitative estimate of drug-likeness (QED) is 0.267. The van der Waals surface area contributed by atoms with Crippen molar-refractivity contribution in [1.82, 2.24) is 10.2 Å². The van der Waals surface area contributed by atoms with Crippen molar-refractivity contribution in [3.05, 3.63) is 23.8 Å².